The molecule has 2 heterocycles. The summed E-state index contributed by atoms with van der Waals surface area (Å²) in [7, 11) is -3.54. The SMILES string of the molecule is O=S(=O)(c1cccs1)N1CCN(c2ccc(O)cc2)[C@H](Cc2ccc(F)cc2)C1. The van der Waals surface area contributed by atoms with E-state index >= 15 is 0 Å². The molecule has 4 rings (SSSR count). The van der Waals surface area contributed by atoms with Gasteiger partial charge in [-0.1, -0.05) is 18.2 Å². The molecule has 8 heteroatoms. The van der Waals surface area contributed by atoms with Gasteiger partial charge in [0.05, 0.1) is 0 Å². The molecular formula is C21H21FN2O3S2. The first-order valence-electron chi connectivity index (χ1n) is 9.27. The van der Waals surface area contributed by atoms with E-state index in [0.29, 0.717) is 30.3 Å². The van der Waals surface area contributed by atoms with Gasteiger partial charge in [-0.15, -0.1) is 11.3 Å². The van der Waals surface area contributed by atoms with Crippen LogP contribution in [0, 0.1) is 5.82 Å². The standard InChI is InChI=1S/C21H21FN2O3S2/c22-17-5-3-16(4-6-17)14-19-15-23(29(26,27)21-2-1-13-28-21)11-12-24(19)18-7-9-20(25)10-8-18/h1-10,13,19,25H,11-12,14-15H2/t19-/m1/s1. The molecule has 0 radical (unpaired) electrons. The van der Waals surface area contributed by atoms with Gasteiger partial charge in [0.1, 0.15) is 15.8 Å². The number of anilines is 1. The largest absolute Gasteiger partial charge is 0.508 e. The highest BCUT2D eigenvalue weighted by atomic mass is 32.2. The Balaban J connectivity index is 1.62. The van der Waals surface area contributed by atoms with Crippen molar-refractivity contribution in [1.82, 2.24) is 4.31 Å². The Labute approximate surface area is 173 Å². The lowest BCUT2D eigenvalue weighted by Crippen LogP contribution is -2.55. The van der Waals surface area contributed by atoms with Gasteiger partial charge in [0.2, 0.25) is 0 Å². The molecule has 1 aromatic heterocycles. The number of phenols is 1. The van der Waals surface area contributed by atoms with E-state index in [9.17, 15) is 17.9 Å². The molecule has 1 fully saturated rings. The van der Waals surface area contributed by atoms with Crippen molar-refractivity contribution >= 4 is 27.0 Å². The van der Waals surface area contributed by atoms with Crippen LogP contribution in [0.15, 0.2) is 70.3 Å². The normalized spacial score (nSPS) is 18.1. The molecule has 0 spiro atoms. The third-order valence-corrected chi connectivity index (χ3v) is 8.34. The van der Waals surface area contributed by atoms with Crippen molar-refractivity contribution in [1.29, 1.82) is 0 Å². The van der Waals surface area contributed by atoms with E-state index in [0.717, 1.165) is 11.3 Å². The Bertz CT molecular complexity index is 1050. The van der Waals surface area contributed by atoms with Gasteiger partial charge in [-0.25, -0.2) is 12.8 Å². The molecule has 0 amide bonds. The monoisotopic (exact) mass is 432 g/mol. The summed E-state index contributed by atoms with van der Waals surface area (Å²) in [5, 5.41) is 11.4. The Morgan fingerprint density at radius 2 is 1.76 bits per heavy atom. The van der Waals surface area contributed by atoms with Crippen LogP contribution >= 0.6 is 11.3 Å². The first-order chi connectivity index (χ1) is 13.9. The Morgan fingerprint density at radius 3 is 2.41 bits per heavy atom. The van der Waals surface area contributed by atoms with E-state index in [1.54, 1.807) is 41.8 Å². The molecule has 1 aliphatic heterocycles. The number of hydrogen-bond donors (Lipinski definition) is 1. The summed E-state index contributed by atoms with van der Waals surface area (Å²) in [5.74, 6) is -0.113. The van der Waals surface area contributed by atoms with Gasteiger partial charge < -0.3 is 10.0 Å². The number of piperazine rings is 1. The summed E-state index contributed by atoms with van der Waals surface area (Å²) in [5.41, 5.74) is 1.86. The van der Waals surface area contributed by atoms with Crippen molar-refractivity contribution in [3.63, 3.8) is 0 Å². The molecule has 1 N–H and O–H groups in total. The van der Waals surface area contributed by atoms with E-state index in [4.69, 9.17) is 0 Å². The quantitative estimate of drug-likeness (QED) is 0.668. The second kappa shape index (κ2) is 8.14. The maximum atomic E-state index is 13.3. The number of phenolic OH excluding ortho intramolecular Hbond substituents is 1. The minimum atomic E-state index is -3.54. The van der Waals surface area contributed by atoms with Crippen LogP contribution in [0.2, 0.25) is 0 Å². The molecule has 3 aromatic rings. The molecule has 0 saturated carbocycles. The molecule has 152 valence electrons. The number of aromatic hydroxyl groups is 1. The fourth-order valence-corrected chi connectivity index (χ4v) is 6.25. The summed E-state index contributed by atoms with van der Waals surface area (Å²) >= 11 is 1.22. The number of hydrogen-bond acceptors (Lipinski definition) is 5. The fourth-order valence-electron chi connectivity index (χ4n) is 3.63. The predicted octanol–water partition coefficient (Wildman–Crippen LogP) is 3.72. The molecule has 2 aromatic carbocycles. The molecule has 0 bridgehead atoms. The van der Waals surface area contributed by atoms with Gasteiger partial charge in [-0.3, -0.25) is 0 Å². The molecule has 1 atom stereocenters. The van der Waals surface area contributed by atoms with E-state index in [1.807, 2.05) is 12.1 Å². The van der Waals surface area contributed by atoms with Gasteiger partial charge in [0.15, 0.2) is 0 Å². The van der Waals surface area contributed by atoms with E-state index < -0.39 is 10.0 Å². The number of sulfonamides is 1. The highest BCUT2D eigenvalue weighted by Gasteiger charge is 2.34. The molecular weight excluding hydrogens is 411 g/mol. The van der Waals surface area contributed by atoms with Crippen LogP contribution in [0.3, 0.4) is 0 Å². The lowest BCUT2D eigenvalue weighted by Gasteiger charge is -2.42. The van der Waals surface area contributed by atoms with Crippen molar-refractivity contribution in [2.24, 2.45) is 0 Å². The highest BCUT2D eigenvalue weighted by molar-refractivity contribution is 7.91. The zero-order chi connectivity index (χ0) is 20.4. The first kappa shape index (κ1) is 19.9. The second-order valence-electron chi connectivity index (χ2n) is 6.99. The minimum absolute atomic E-state index is 0.117. The Kier molecular flexibility index (Phi) is 5.58. The van der Waals surface area contributed by atoms with Crippen molar-refractivity contribution in [2.75, 3.05) is 24.5 Å². The lowest BCUT2D eigenvalue weighted by atomic mass is 10.0. The average Bonchev–Trinajstić information content (AvgIpc) is 3.26. The van der Waals surface area contributed by atoms with Gasteiger partial charge in [-0.05, 0) is 59.8 Å². The molecule has 1 saturated heterocycles. The predicted molar refractivity (Wildman–Crippen MR) is 112 cm³/mol. The zero-order valence-electron chi connectivity index (χ0n) is 15.6. The van der Waals surface area contributed by atoms with Gasteiger partial charge in [-0.2, -0.15) is 4.31 Å². The third-order valence-electron chi connectivity index (χ3n) is 5.10. The summed E-state index contributed by atoms with van der Waals surface area (Å²) in [6.45, 7) is 1.24. The Morgan fingerprint density at radius 1 is 1.03 bits per heavy atom. The smallest absolute Gasteiger partial charge is 0.252 e. The highest BCUT2D eigenvalue weighted by Crippen LogP contribution is 2.29. The van der Waals surface area contributed by atoms with E-state index in [-0.39, 0.29) is 17.6 Å². The summed E-state index contributed by atoms with van der Waals surface area (Å²) in [6, 6.07) is 16.5. The lowest BCUT2D eigenvalue weighted by molar-refractivity contribution is 0.331. The minimum Gasteiger partial charge on any atom is -0.508 e. The number of nitrogens with zero attached hydrogens (tertiary/aromatic N) is 2. The first-order valence-corrected chi connectivity index (χ1v) is 11.6. The van der Waals surface area contributed by atoms with Crippen molar-refractivity contribution < 1.29 is 17.9 Å². The topological polar surface area (TPSA) is 60.9 Å². The van der Waals surface area contributed by atoms with Gasteiger partial charge in [0.25, 0.3) is 10.0 Å². The number of rotatable bonds is 5. The van der Waals surface area contributed by atoms with Crippen LogP contribution in [-0.2, 0) is 16.4 Å². The molecule has 5 nitrogen and oxygen atoms in total. The van der Waals surface area contributed by atoms with Crippen LogP contribution in [0.5, 0.6) is 5.75 Å². The third kappa shape index (κ3) is 4.29. The van der Waals surface area contributed by atoms with Crippen LogP contribution < -0.4 is 4.90 Å². The molecule has 0 aliphatic carbocycles. The van der Waals surface area contributed by atoms with Crippen LogP contribution in [0.4, 0.5) is 10.1 Å². The summed E-state index contributed by atoms with van der Waals surface area (Å²) in [4.78, 5) is 2.16. The van der Waals surface area contributed by atoms with Gasteiger partial charge in [0, 0.05) is 31.4 Å². The van der Waals surface area contributed by atoms with Crippen molar-refractivity contribution in [2.45, 2.75) is 16.7 Å². The van der Waals surface area contributed by atoms with Crippen LogP contribution in [0.1, 0.15) is 5.56 Å². The number of halogens is 1. The molecule has 29 heavy (non-hydrogen) atoms. The molecule has 0 unspecified atom stereocenters. The Hall–Kier alpha value is -2.42. The number of benzene rings is 2. The maximum Gasteiger partial charge on any atom is 0.252 e. The average molecular weight is 433 g/mol. The second-order valence-corrected chi connectivity index (χ2v) is 10.1. The summed E-state index contributed by atoms with van der Waals surface area (Å²) < 4.78 is 41.2. The number of thiophene rings is 1. The van der Waals surface area contributed by atoms with Gasteiger partial charge >= 0.3 is 0 Å². The van der Waals surface area contributed by atoms with Crippen molar-refractivity contribution in [3.05, 3.63) is 77.4 Å². The van der Waals surface area contributed by atoms with E-state index in [1.165, 1.54) is 27.8 Å². The van der Waals surface area contributed by atoms with Crippen LogP contribution in [0.25, 0.3) is 0 Å². The maximum absolute atomic E-state index is 13.3. The fraction of sp³-hybridized carbons (Fsp3) is 0.238. The summed E-state index contributed by atoms with van der Waals surface area (Å²) in [6.07, 6.45) is 0.581. The van der Waals surface area contributed by atoms with Crippen molar-refractivity contribution in [3.8, 4) is 5.75 Å². The molecule has 1 aliphatic rings. The van der Waals surface area contributed by atoms with Crippen LogP contribution in [-0.4, -0.2) is 43.5 Å². The zero-order valence-corrected chi connectivity index (χ0v) is 17.2. The van der Waals surface area contributed by atoms with E-state index in [2.05, 4.69) is 4.90 Å².